The van der Waals surface area contributed by atoms with Crippen molar-refractivity contribution in [3.8, 4) is 0 Å². The Balaban J connectivity index is 1.74. The molecule has 3 heterocycles. The van der Waals surface area contributed by atoms with Crippen molar-refractivity contribution in [3.63, 3.8) is 0 Å². The zero-order valence-corrected chi connectivity index (χ0v) is 15.1. The lowest BCUT2D eigenvalue weighted by Gasteiger charge is -2.18. The first kappa shape index (κ1) is 16.7. The molecule has 0 bridgehead atoms. The van der Waals surface area contributed by atoms with Gasteiger partial charge in [0.2, 0.25) is 5.78 Å². The van der Waals surface area contributed by atoms with Gasteiger partial charge in [-0.1, -0.05) is 13.0 Å². The van der Waals surface area contributed by atoms with Gasteiger partial charge >= 0.3 is 0 Å². The highest BCUT2D eigenvalue weighted by Crippen LogP contribution is 2.40. The first-order valence-electron chi connectivity index (χ1n) is 8.58. The van der Waals surface area contributed by atoms with Crippen LogP contribution in [0, 0.1) is 5.92 Å². The van der Waals surface area contributed by atoms with E-state index < -0.39 is 0 Å². The van der Waals surface area contributed by atoms with E-state index in [-0.39, 0.29) is 17.5 Å². The molecule has 0 fully saturated rings. The van der Waals surface area contributed by atoms with Crippen molar-refractivity contribution in [1.82, 2.24) is 4.98 Å². The van der Waals surface area contributed by atoms with E-state index in [1.165, 1.54) is 22.5 Å². The van der Waals surface area contributed by atoms with Gasteiger partial charge in [0.15, 0.2) is 5.76 Å². The number of carbonyl (C=O) groups is 2. The van der Waals surface area contributed by atoms with Crippen molar-refractivity contribution < 1.29 is 14.0 Å². The van der Waals surface area contributed by atoms with Gasteiger partial charge in [0, 0.05) is 11.1 Å². The van der Waals surface area contributed by atoms with Gasteiger partial charge in [0.1, 0.15) is 10.7 Å². The van der Waals surface area contributed by atoms with Crippen LogP contribution in [-0.2, 0) is 12.8 Å². The summed E-state index contributed by atoms with van der Waals surface area (Å²) in [6.07, 6.45) is 5.87. The highest BCUT2D eigenvalue weighted by Gasteiger charge is 2.30. The van der Waals surface area contributed by atoms with Crippen LogP contribution >= 0.6 is 11.3 Å². The normalized spacial score (nSPS) is 16.1. The smallest absolute Gasteiger partial charge is 0.274 e. The van der Waals surface area contributed by atoms with E-state index in [9.17, 15) is 9.59 Å². The molecule has 1 aliphatic rings. The van der Waals surface area contributed by atoms with Crippen molar-refractivity contribution in [2.24, 2.45) is 5.92 Å². The van der Waals surface area contributed by atoms with Crippen molar-refractivity contribution in [3.05, 3.63) is 70.3 Å². The number of furan rings is 1. The number of hydrogen-bond acceptors (Lipinski definition) is 5. The summed E-state index contributed by atoms with van der Waals surface area (Å²) < 4.78 is 5.31. The number of thiophene rings is 1. The zero-order chi connectivity index (χ0) is 18.1. The minimum Gasteiger partial charge on any atom is -0.461 e. The van der Waals surface area contributed by atoms with Crippen molar-refractivity contribution in [2.75, 3.05) is 5.32 Å². The van der Waals surface area contributed by atoms with Crippen LogP contribution in [0.3, 0.4) is 0 Å². The molecule has 0 saturated carbocycles. The van der Waals surface area contributed by atoms with E-state index in [0.717, 1.165) is 24.8 Å². The molecule has 0 aromatic carbocycles. The number of anilines is 1. The summed E-state index contributed by atoms with van der Waals surface area (Å²) in [5.74, 6) is 0.369. The summed E-state index contributed by atoms with van der Waals surface area (Å²) in [4.78, 5) is 30.8. The predicted octanol–water partition coefficient (Wildman–Crippen LogP) is 4.34. The molecule has 3 aromatic rings. The Hall–Kier alpha value is -2.73. The van der Waals surface area contributed by atoms with Crippen LogP contribution in [0.4, 0.5) is 5.00 Å². The molecule has 1 unspecified atom stereocenters. The molecule has 5 nitrogen and oxygen atoms in total. The van der Waals surface area contributed by atoms with Gasteiger partial charge in [-0.05, 0) is 55.0 Å². The van der Waals surface area contributed by atoms with E-state index in [1.807, 2.05) is 0 Å². The van der Waals surface area contributed by atoms with Crippen LogP contribution in [0.1, 0.15) is 50.4 Å². The minimum atomic E-state index is -0.314. The molecule has 3 aromatic heterocycles. The van der Waals surface area contributed by atoms with E-state index in [4.69, 9.17) is 4.42 Å². The maximum absolute atomic E-state index is 13.0. The van der Waals surface area contributed by atoms with Crippen LogP contribution in [-0.4, -0.2) is 16.7 Å². The van der Waals surface area contributed by atoms with E-state index in [0.29, 0.717) is 22.2 Å². The third-order valence-corrected chi connectivity index (χ3v) is 5.78. The summed E-state index contributed by atoms with van der Waals surface area (Å²) >= 11 is 1.49. The molecule has 0 radical (unpaired) electrons. The van der Waals surface area contributed by atoms with Crippen molar-refractivity contribution >= 4 is 28.0 Å². The fraction of sp³-hybridized carbons (Fsp3) is 0.250. The van der Waals surface area contributed by atoms with Crippen molar-refractivity contribution in [1.29, 1.82) is 0 Å². The van der Waals surface area contributed by atoms with Gasteiger partial charge in [-0.25, -0.2) is 0 Å². The second kappa shape index (κ2) is 6.88. The number of nitrogens with one attached hydrogen (secondary N) is 1. The van der Waals surface area contributed by atoms with Gasteiger partial charge in [0.05, 0.1) is 11.8 Å². The molecule has 0 saturated heterocycles. The number of aromatic nitrogens is 1. The third kappa shape index (κ3) is 3.08. The number of pyridine rings is 1. The highest BCUT2D eigenvalue weighted by molar-refractivity contribution is 7.17. The second-order valence-electron chi connectivity index (χ2n) is 6.53. The molecule has 4 rings (SSSR count). The maximum Gasteiger partial charge on any atom is 0.274 e. The zero-order valence-electron chi connectivity index (χ0n) is 14.3. The van der Waals surface area contributed by atoms with Gasteiger partial charge in [0.25, 0.3) is 5.91 Å². The standard InChI is InChI=1S/C20H18N2O3S/c1-12-7-8-13-16(11-12)26-20(17(13)18(23)15-6-4-10-25-15)22-19(24)14-5-2-3-9-21-14/h2-6,9-10,12H,7-8,11H2,1H3,(H,22,24). The van der Waals surface area contributed by atoms with Crippen molar-refractivity contribution in [2.45, 2.75) is 26.2 Å². The number of ketones is 1. The molecule has 6 heteroatoms. The number of carbonyl (C=O) groups excluding carboxylic acids is 2. The quantitative estimate of drug-likeness (QED) is 0.697. The Kier molecular flexibility index (Phi) is 4.42. The lowest BCUT2D eigenvalue weighted by molar-refractivity contribution is 0.101. The molecule has 1 N–H and O–H groups in total. The average Bonchev–Trinajstić information content (AvgIpc) is 3.29. The van der Waals surface area contributed by atoms with Crippen LogP contribution in [0.5, 0.6) is 0 Å². The summed E-state index contributed by atoms with van der Waals surface area (Å²) in [5, 5.41) is 3.48. The fourth-order valence-corrected chi connectivity index (χ4v) is 4.68. The minimum absolute atomic E-state index is 0.182. The summed E-state index contributed by atoms with van der Waals surface area (Å²) in [5.41, 5.74) is 1.94. The van der Waals surface area contributed by atoms with Gasteiger partial charge < -0.3 is 9.73 Å². The Bertz CT molecular complexity index is 945. The highest BCUT2D eigenvalue weighted by atomic mass is 32.1. The van der Waals surface area contributed by atoms with Gasteiger partial charge in [-0.2, -0.15) is 0 Å². The summed E-state index contributed by atoms with van der Waals surface area (Å²) in [6.45, 7) is 2.21. The van der Waals surface area contributed by atoms with E-state index in [1.54, 1.807) is 36.5 Å². The maximum atomic E-state index is 13.0. The van der Waals surface area contributed by atoms with Crippen LogP contribution in [0.25, 0.3) is 0 Å². The number of amides is 1. The van der Waals surface area contributed by atoms with E-state index in [2.05, 4.69) is 17.2 Å². The number of hydrogen-bond donors (Lipinski definition) is 1. The number of fused-ring (bicyclic) bond motifs is 1. The van der Waals surface area contributed by atoms with Crippen LogP contribution in [0.2, 0.25) is 0 Å². The van der Waals surface area contributed by atoms with E-state index >= 15 is 0 Å². The van der Waals surface area contributed by atoms with Gasteiger partial charge in [-0.3, -0.25) is 14.6 Å². The largest absolute Gasteiger partial charge is 0.461 e. The third-order valence-electron chi connectivity index (χ3n) is 4.61. The Labute approximate surface area is 155 Å². The lowest BCUT2D eigenvalue weighted by Crippen LogP contribution is -2.16. The fourth-order valence-electron chi connectivity index (χ4n) is 3.27. The second-order valence-corrected chi connectivity index (χ2v) is 7.64. The monoisotopic (exact) mass is 366 g/mol. The first-order valence-corrected chi connectivity index (χ1v) is 9.40. The molecular weight excluding hydrogens is 348 g/mol. The molecule has 26 heavy (non-hydrogen) atoms. The topological polar surface area (TPSA) is 72.2 Å². The van der Waals surface area contributed by atoms with Crippen LogP contribution < -0.4 is 5.32 Å². The Morgan fingerprint density at radius 1 is 1.27 bits per heavy atom. The molecule has 1 amide bonds. The van der Waals surface area contributed by atoms with Gasteiger partial charge in [-0.15, -0.1) is 11.3 Å². The molecule has 1 atom stereocenters. The molecule has 0 spiro atoms. The summed E-state index contributed by atoms with van der Waals surface area (Å²) in [6, 6.07) is 8.52. The molecule has 132 valence electrons. The predicted molar refractivity (Wildman–Crippen MR) is 99.8 cm³/mol. The average molecular weight is 366 g/mol. The molecule has 0 aliphatic heterocycles. The molecular formula is C20H18N2O3S. The SMILES string of the molecule is CC1CCc2c(sc(NC(=O)c3ccccn3)c2C(=O)c2ccco2)C1. The number of nitrogens with zero attached hydrogens (tertiary/aromatic N) is 1. The Morgan fingerprint density at radius 2 is 2.15 bits per heavy atom. The first-order chi connectivity index (χ1) is 12.6. The summed E-state index contributed by atoms with van der Waals surface area (Å²) in [7, 11) is 0. The number of rotatable bonds is 4. The van der Waals surface area contributed by atoms with Crippen LogP contribution in [0.15, 0.2) is 47.2 Å². The lowest BCUT2D eigenvalue weighted by atomic mass is 9.87. The molecule has 1 aliphatic carbocycles. The Morgan fingerprint density at radius 3 is 2.88 bits per heavy atom.